The Morgan fingerprint density at radius 3 is 2.02 bits per heavy atom. The minimum absolute atomic E-state index is 0. The zero-order chi connectivity index (χ0) is 44.7. The Labute approximate surface area is 362 Å². The number of benzene rings is 1. The van der Waals surface area contributed by atoms with Crippen molar-refractivity contribution in [1.82, 2.24) is 26.2 Å². The molecule has 10 N–H and O–H groups in total. The lowest BCUT2D eigenvalue weighted by Gasteiger charge is -2.33. The second-order valence-corrected chi connectivity index (χ2v) is 18.4. The van der Waals surface area contributed by atoms with Gasteiger partial charge in [-0.2, -0.15) is 0 Å². The Kier molecular flexibility index (Phi) is 21.9. The minimum atomic E-state index is -1.24. The molecule has 0 saturated carbocycles. The number of carboxylic acid groups (broad SMARTS) is 1. The molecule has 1 aromatic rings. The Bertz CT molecular complexity index is 1610. The van der Waals surface area contributed by atoms with Crippen LogP contribution in [0, 0.1) is 17.3 Å². The van der Waals surface area contributed by atoms with Crippen molar-refractivity contribution < 1.29 is 55.9 Å². The number of nitrogens with one attached hydrogen (secondary N) is 4. The number of hydrogen-bond donors (Lipinski definition) is 8. The van der Waals surface area contributed by atoms with Crippen molar-refractivity contribution >= 4 is 41.5 Å². The zero-order valence-corrected chi connectivity index (χ0v) is 37.8. The molecule has 0 aromatic heterocycles. The summed E-state index contributed by atoms with van der Waals surface area (Å²) in [5.74, 6) is -4.34. The quantitative estimate of drug-likeness (QED) is 0.0277. The molecule has 0 aliphatic carbocycles. The Balaban J connectivity index is 0.0000180. The second kappa shape index (κ2) is 24.6. The zero-order valence-electron chi connectivity index (χ0n) is 37.1. The molecule has 1 aromatic carbocycles. The number of quaternary nitrogens is 1. The van der Waals surface area contributed by atoms with Gasteiger partial charge in [-0.1, -0.05) is 53.7 Å². The first-order valence-corrected chi connectivity index (χ1v) is 20.8. The molecule has 1 fully saturated rings. The van der Waals surface area contributed by atoms with E-state index in [9.17, 15) is 39.0 Å². The molecule has 1 aliphatic heterocycles. The molecule has 1 aliphatic rings. The van der Waals surface area contributed by atoms with Crippen molar-refractivity contribution in [2.45, 2.75) is 130 Å². The molecule has 60 heavy (non-hydrogen) atoms. The summed E-state index contributed by atoms with van der Waals surface area (Å²) < 4.78 is 0.821. The van der Waals surface area contributed by atoms with Gasteiger partial charge in [-0.05, 0) is 80.4 Å². The van der Waals surface area contributed by atoms with Gasteiger partial charge in [0.1, 0.15) is 36.0 Å². The molecule has 0 spiro atoms. The molecule has 1 saturated heterocycles. The lowest BCUT2D eigenvalue weighted by molar-refractivity contribution is -0.870. The van der Waals surface area contributed by atoms with Crippen LogP contribution in [0.5, 0.6) is 5.75 Å². The molecule has 2 rings (SSSR count). The molecule has 1 heterocycles. The van der Waals surface area contributed by atoms with E-state index >= 15 is 0 Å². The van der Waals surface area contributed by atoms with E-state index in [2.05, 4.69) is 47.4 Å². The number of aliphatic imine (C=N–C) groups is 1. The Morgan fingerprint density at radius 2 is 1.47 bits per heavy atom. The van der Waals surface area contributed by atoms with Crippen molar-refractivity contribution in [3.05, 3.63) is 29.8 Å². The van der Waals surface area contributed by atoms with Crippen molar-refractivity contribution in [2.24, 2.45) is 33.7 Å². The minimum Gasteiger partial charge on any atom is -1.00 e. The van der Waals surface area contributed by atoms with Crippen LogP contribution >= 0.6 is 0 Å². The molecular formula is C42H72ClN9O8. The number of nitrogens with zero attached hydrogens (tertiary/aromatic N) is 3. The lowest BCUT2D eigenvalue weighted by Crippen LogP contribution is -3.00. The van der Waals surface area contributed by atoms with E-state index in [0.717, 1.165) is 23.9 Å². The molecule has 0 bridgehead atoms. The number of amides is 5. The number of aromatic hydroxyl groups is 1. The predicted octanol–water partition coefficient (Wildman–Crippen LogP) is -1.39. The number of phenols is 1. The van der Waals surface area contributed by atoms with E-state index in [1.165, 1.54) is 17.0 Å². The number of phenolic OH excluding ortho intramolecular Hbond substituents is 1. The normalized spacial score (nSPS) is 16.6. The Hall–Kier alpha value is -4.64. The van der Waals surface area contributed by atoms with Gasteiger partial charge < -0.3 is 64.7 Å². The molecule has 0 radical (unpaired) electrons. The SMILES string of the molecule is CC(C)C[C@H](NC(=O)[C@@H](NC(=O)[C@H](Cc1ccc(O)cc1)NC(=O)[C@@H]1CCCN1C(=O)[C@H](CCCN=C(N)N)NC(=O)[C@@H](C)CCCC[N+](C)(C)C)C(C)(C)C)C(=O)O.[Cl-]. The Morgan fingerprint density at radius 1 is 0.850 bits per heavy atom. The maximum Gasteiger partial charge on any atom is 0.326 e. The van der Waals surface area contributed by atoms with Gasteiger partial charge >= 0.3 is 5.97 Å². The highest BCUT2D eigenvalue weighted by atomic mass is 35.5. The van der Waals surface area contributed by atoms with Crippen LogP contribution < -0.4 is 45.1 Å². The number of guanidine groups is 1. The first-order chi connectivity index (χ1) is 27.4. The maximum atomic E-state index is 14.2. The fraction of sp³-hybridized carbons (Fsp3) is 0.690. The third-order valence-electron chi connectivity index (χ3n) is 10.3. The van der Waals surface area contributed by atoms with Gasteiger partial charge in [-0.15, -0.1) is 0 Å². The lowest BCUT2D eigenvalue weighted by atomic mass is 9.85. The standard InChI is InChI=1S/C42H71N9O8.ClH/c1-26(2)24-32(40(58)59)48-38(56)34(42(4,5)6)49-36(54)31(25-28-17-19-29(52)20-18-28)47-37(55)33-16-13-22-50(33)39(57)30(15-12-21-45-41(43)44)46-35(53)27(3)14-10-11-23-51(7,8)9;/h17-20,26-27,30-34H,10-16,21-25H2,1-9H3,(H9-,43,44,45,46,47,48,49,52,53,54,55,56,58,59);1H/t27-,30-,31-,32-,33-,34+;/m0./s1. The predicted molar refractivity (Wildman–Crippen MR) is 227 cm³/mol. The summed E-state index contributed by atoms with van der Waals surface area (Å²) in [5.41, 5.74) is 10.7. The van der Waals surface area contributed by atoms with Crippen LogP contribution in [-0.2, 0) is 35.2 Å². The summed E-state index contributed by atoms with van der Waals surface area (Å²) in [6.45, 7) is 12.1. The number of carbonyl (C=O) groups excluding carboxylic acids is 5. The van der Waals surface area contributed by atoms with Crippen LogP contribution in [0.2, 0.25) is 0 Å². The second-order valence-electron chi connectivity index (χ2n) is 18.4. The average Bonchev–Trinajstić information content (AvgIpc) is 3.62. The van der Waals surface area contributed by atoms with Gasteiger partial charge in [0.05, 0.1) is 27.7 Å². The number of unbranched alkanes of at least 4 members (excludes halogenated alkanes) is 1. The van der Waals surface area contributed by atoms with E-state index < -0.39 is 65.2 Å². The van der Waals surface area contributed by atoms with Crippen LogP contribution in [0.3, 0.4) is 0 Å². The van der Waals surface area contributed by atoms with E-state index in [1.807, 2.05) is 20.8 Å². The number of rotatable bonds is 23. The summed E-state index contributed by atoms with van der Waals surface area (Å²) in [6.07, 6.45) is 4.02. The van der Waals surface area contributed by atoms with Crippen molar-refractivity contribution in [3.63, 3.8) is 0 Å². The third-order valence-corrected chi connectivity index (χ3v) is 10.3. The molecule has 5 amide bonds. The highest BCUT2D eigenvalue weighted by Crippen LogP contribution is 2.23. The molecule has 18 heteroatoms. The van der Waals surface area contributed by atoms with Crippen LogP contribution in [0.1, 0.15) is 98.5 Å². The highest BCUT2D eigenvalue weighted by molar-refractivity contribution is 5.96. The van der Waals surface area contributed by atoms with Crippen molar-refractivity contribution in [3.8, 4) is 5.75 Å². The van der Waals surface area contributed by atoms with Gasteiger partial charge in [-0.25, -0.2) is 4.79 Å². The molecule has 0 unspecified atom stereocenters. The third kappa shape index (κ3) is 18.7. The van der Waals surface area contributed by atoms with Crippen LogP contribution in [0.15, 0.2) is 29.3 Å². The fourth-order valence-corrected chi connectivity index (χ4v) is 6.96. The summed E-state index contributed by atoms with van der Waals surface area (Å²) >= 11 is 0. The first kappa shape index (κ1) is 53.4. The van der Waals surface area contributed by atoms with E-state index in [-0.39, 0.29) is 74.2 Å². The number of halogens is 1. The number of likely N-dealkylation sites (tertiary alicyclic amines) is 1. The first-order valence-electron chi connectivity index (χ1n) is 20.8. The summed E-state index contributed by atoms with van der Waals surface area (Å²) in [5, 5.41) is 30.8. The largest absolute Gasteiger partial charge is 1.00 e. The fourth-order valence-electron chi connectivity index (χ4n) is 6.96. The summed E-state index contributed by atoms with van der Waals surface area (Å²) in [6, 6.07) is 0.590. The number of aliphatic carboxylic acids is 1. The van der Waals surface area contributed by atoms with Gasteiger partial charge in [-0.3, -0.25) is 29.0 Å². The number of nitrogens with two attached hydrogens (primary N) is 2. The van der Waals surface area contributed by atoms with Crippen LogP contribution in [-0.4, -0.2) is 132 Å². The van der Waals surface area contributed by atoms with Crippen LogP contribution in [0.4, 0.5) is 0 Å². The van der Waals surface area contributed by atoms with E-state index in [4.69, 9.17) is 11.5 Å². The average molecular weight is 867 g/mol. The van der Waals surface area contributed by atoms with Gasteiger partial charge in [0.15, 0.2) is 5.96 Å². The highest BCUT2D eigenvalue weighted by Gasteiger charge is 2.41. The molecule has 340 valence electrons. The molecule has 6 atom stereocenters. The van der Waals surface area contributed by atoms with Gasteiger partial charge in [0.2, 0.25) is 29.5 Å². The molecular weight excluding hydrogens is 794 g/mol. The number of carboxylic acids is 1. The van der Waals surface area contributed by atoms with Crippen molar-refractivity contribution in [2.75, 3.05) is 40.8 Å². The smallest absolute Gasteiger partial charge is 0.326 e. The summed E-state index contributed by atoms with van der Waals surface area (Å²) in [4.78, 5) is 87.0. The van der Waals surface area contributed by atoms with Gasteiger partial charge in [0, 0.05) is 25.4 Å². The number of carbonyl (C=O) groups is 6. The van der Waals surface area contributed by atoms with Crippen molar-refractivity contribution in [1.29, 1.82) is 0 Å². The monoisotopic (exact) mass is 866 g/mol. The van der Waals surface area contributed by atoms with E-state index in [0.29, 0.717) is 31.2 Å². The van der Waals surface area contributed by atoms with E-state index in [1.54, 1.807) is 32.9 Å². The number of hydrogen-bond acceptors (Lipinski definition) is 8. The van der Waals surface area contributed by atoms with Crippen LogP contribution in [0.25, 0.3) is 0 Å². The molecule has 17 nitrogen and oxygen atoms in total. The maximum absolute atomic E-state index is 14.2. The van der Waals surface area contributed by atoms with Gasteiger partial charge in [0.25, 0.3) is 0 Å². The summed E-state index contributed by atoms with van der Waals surface area (Å²) in [7, 11) is 6.34. The topological polar surface area (TPSA) is 259 Å².